The van der Waals surface area contributed by atoms with Crippen molar-refractivity contribution in [2.75, 3.05) is 32.4 Å². The SMILES string of the molecule is COCOc1cccc(COCS(C)(C)C(C)(C)C)c1. The van der Waals surface area contributed by atoms with Crippen LogP contribution in [-0.2, 0) is 16.1 Å². The molecule has 0 aliphatic heterocycles. The van der Waals surface area contributed by atoms with Crippen molar-refractivity contribution in [2.45, 2.75) is 32.1 Å². The van der Waals surface area contributed by atoms with E-state index in [2.05, 4.69) is 39.3 Å². The Kier molecular flexibility index (Phi) is 6.37. The van der Waals surface area contributed by atoms with E-state index in [0.29, 0.717) is 11.4 Å². The molecule has 4 heteroatoms. The van der Waals surface area contributed by atoms with Crippen molar-refractivity contribution in [3.63, 3.8) is 0 Å². The molecular formula is C16H28O3S. The van der Waals surface area contributed by atoms with Gasteiger partial charge in [0.1, 0.15) is 5.75 Å². The van der Waals surface area contributed by atoms with Crippen LogP contribution in [0.3, 0.4) is 0 Å². The Hall–Kier alpha value is -0.710. The lowest BCUT2D eigenvalue weighted by Gasteiger charge is -2.44. The summed E-state index contributed by atoms with van der Waals surface area (Å²) in [5.74, 6) is 1.63. The summed E-state index contributed by atoms with van der Waals surface area (Å²) in [4.78, 5) is 0. The van der Waals surface area contributed by atoms with Gasteiger partial charge in [0.2, 0.25) is 0 Å². The van der Waals surface area contributed by atoms with Crippen molar-refractivity contribution >= 4 is 10.0 Å². The molecule has 0 N–H and O–H groups in total. The first-order valence-corrected chi connectivity index (χ1v) is 9.37. The summed E-state index contributed by atoms with van der Waals surface area (Å²) in [5.41, 5.74) is 1.13. The van der Waals surface area contributed by atoms with Gasteiger partial charge in [0.15, 0.2) is 6.79 Å². The topological polar surface area (TPSA) is 27.7 Å². The molecule has 0 aliphatic rings. The van der Waals surface area contributed by atoms with Crippen LogP contribution < -0.4 is 4.74 Å². The first kappa shape index (κ1) is 17.3. The van der Waals surface area contributed by atoms with E-state index in [1.165, 1.54) is 0 Å². The van der Waals surface area contributed by atoms with Crippen LogP contribution in [0, 0.1) is 0 Å². The molecule has 0 amide bonds. The summed E-state index contributed by atoms with van der Waals surface area (Å²) in [6.45, 7) is 7.74. The first-order valence-electron chi connectivity index (χ1n) is 6.75. The van der Waals surface area contributed by atoms with Crippen LogP contribution >= 0.6 is 10.0 Å². The van der Waals surface area contributed by atoms with Gasteiger partial charge in [0, 0.05) is 7.11 Å². The average molecular weight is 300 g/mol. The van der Waals surface area contributed by atoms with E-state index in [-0.39, 0.29) is 6.79 Å². The summed E-state index contributed by atoms with van der Waals surface area (Å²) >= 11 is 0. The Morgan fingerprint density at radius 1 is 1.15 bits per heavy atom. The van der Waals surface area contributed by atoms with Crippen LogP contribution in [0.2, 0.25) is 0 Å². The number of hydrogen-bond donors (Lipinski definition) is 0. The van der Waals surface area contributed by atoms with E-state index in [9.17, 15) is 0 Å². The number of rotatable bonds is 7. The molecule has 3 nitrogen and oxygen atoms in total. The zero-order valence-corrected chi connectivity index (χ0v) is 14.4. The van der Waals surface area contributed by atoms with Crippen LogP contribution in [-0.4, -0.2) is 37.1 Å². The van der Waals surface area contributed by atoms with Gasteiger partial charge in [0.25, 0.3) is 0 Å². The van der Waals surface area contributed by atoms with E-state index in [1.54, 1.807) is 7.11 Å². The molecule has 1 aromatic rings. The molecule has 0 unspecified atom stereocenters. The molecule has 1 rings (SSSR count). The lowest BCUT2D eigenvalue weighted by molar-refractivity contribution is 0.0509. The maximum absolute atomic E-state index is 5.92. The Morgan fingerprint density at radius 3 is 2.45 bits per heavy atom. The second-order valence-electron chi connectivity index (χ2n) is 6.32. The smallest absolute Gasteiger partial charge is 0.188 e. The number of benzene rings is 1. The summed E-state index contributed by atoms with van der Waals surface area (Å²) in [5, 5.41) is 0. The molecule has 0 bridgehead atoms. The average Bonchev–Trinajstić information content (AvgIpc) is 2.35. The van der Waals surface area contributed by atoms with Gasteiger partial charge in [-0.3, -0.25) is 0 Å². The minimum Gasteiger partial charge on any atom is -0.468 e. The van der Waals surface area contributed by atoms with E-state index >= 15 is 0 Å². The molecule has 0 atom stereocenters. The van der Waals surface area contributed by atoms with E-state index in [1.807, 2.05) is 18.2 Å². The fourth-order valence-electron chi connectivity index (χ4n) is 1.40. The van der Waals surface area contributed by atoms with Gasteiger partial charge >= 0.3 is 0 Å². The second kappa shape index (κ2) is 7.34. The molecule has 0 aromatic heterocycles. The van der Waals surface area contributed by atoms with Crippen molar-refractivity contribution in [3.8, 4) is 5.75 Å². The minimum atomic E-state index is -0.766. The number of methoxy groups -OCH3 is 1. The maximum atomic E-state index is 5.92. The quantitative estimate of drug-likeness (QED) is 0.712. The lowest BCUT2D eigenvalue weighted by atomic mass is 10.2. The van der Waals surface area contributed by atoms with E-state index in [0.717, 1.165) is 17.3 Å². The van der Waals surface area contributed by atoms with Gasteiger partial charge in [0.05, 0.1) is 12.5 Å². The Morgan fingerprint density at radius 2 is 1.85 bits per heavy atom. The van der Waals surface area contributed by atoms with Crippen molar-refractivity contribution < 1.29 is 14.2 Å². The Bertz CT molecular complexity index is 410. The predicted octanol–water partition coefficient (Wildman–Crippen LogP) is 4.01. The number of hydrogen-bond acceptors (Lipinski definition) is 3. The summed E-state index contributed by atoms with van der Waals surface area (Å²) < 4.78 is 16.5. The van der Waals surface area contributed by atoms with Gasteiger partial charge in [-0.05, 0) is 35.0 Å². The highest BCUT2D eigenvalue weighted by atomic mass is 32.3. The standard InChI is InChI=1S/C16H28O3S/c1-16(2,3)20(5,6)13-18-11-14-8-7-9-15(10-14)19-12-17-4/h7-10H,11-13H2,1-6H3. The van der Waals surface area contributed by atoms with Crippen molar-refractivity contribution in [2.24, 2.45) is 0 Å². The van der Waals surface area contributed by atoms with Crippen LogP contribution in [0.1, 0.15) is 26.3 Å². The van der Waals surface area contributed by atoms with Crippen LogP contribution in [0.15, 0.2) is 24.3 Å². The molecular weight excluding hydrogens is 272 g/mol. The van der Waals surface area contributed by atoms with Crippen molar-refractivity contribution in [3.05, 3.63) is 29.8 Å². The third-order valence-corrected chi connectivity index (χ3v) is 7.62. The third-order valence-electron chi connectivity index (χ3n) is 3.55. The van der Waals surface area contributed by atoms with E-state index in [4.69, 9.17) is 14.2 Å². The zero-order valence-electron chi connectivity index (χ0n) is 13.6. The third kappa shape index (κ3) is 5.35. The molecule has 0 fully saturated rings. The maximum Gasteiger partial charge on any atom is 0.188 e. The normalized spacial score (nSPS) is 13.3. The van der Waals surface area contributed by atoms with Gasteiger partial charge in [-0.25, -0.2) is 10.0 Å². The highest BCUT2D eigenvalue weighted by molar-refractivity contribution is 8.33. The zero-order chi connectivity index (χ0) is 15.2. The van der Waals surface area contributed by atoms with Gasteiger partial charge in [-0.1, -0.05) is 32.9 Å². The van der Waals surface area contributed by atoms with Crippen molar-refractivity contribution in [1.29, 1.82) is 0 Å². The fourth-order valence-corrected chi connectivity index (χ4v) is 2.25. The predicted molar refractivity (Wildman–Crippen MR) is 87.8 cm³/mol. The molecule has 0 radical (unpaired) electrons. The van der Waals surface area contributed by atoms with Crippen LogP contribution in [0.5, 0.6) is 5.75 Å². The minimum absolute atomic E-state index is 0.269. The first-order chi connectivity index (χ1) is 9.26. The molecule has 0 aliphatic carbocycles. The van der Waals surface area contributed by atoms with E-state index < -0.39 is 10.0 Å². The highest BCUT2D eigenvalue weighted by Gasteiger charge is 2.27. The van der Waals surface area contributed by atoms with Crippen molar-refractivity contribution in [1.82, 2.24) is 0 Å². The Balaban J connectivity index is 2.50. The second-order valence-corrected chi connectivity index (χ2v) is 10.9. The summed E-state index contributed by atoms with van der Waals surface area (Å²) in [7, 11) is 0.850. The molecule has 0 saturated heterocycles. The molecule has 0 heterocycles. The van der Waals surface area contributed by atoms with Gasteiger partial charge in [-0.15, -0.1) is 0 Å². The summed E-state index contributed by atoms with van der Waals surface area (Å²) in [6, 6.07) is 7.95. The molecule has 20 heavy (non-hydrogen) atoms. The molecule has 116 valence electrons. The van der Waals surface area contributed by atoms with Crippen LogP contribution in [0.25, 0.3) is 0 Å². The lowest BCUT2D eigenvalue weighted by Crippen LogP contribution is -2.26. The van der Waals surface area contributed by atoms with Gasteiger partial charge in [-0.2, -0.15) is 0 Å². The van der Waals surface area contributed by atoms with Crippen LogP contribution in [0.4, 0.5) is 0 Å². The van der Waals surface area contributed by atoms with Gasteiger partial charge < -0.3 is 14.2 Å². The molecule has 1 aromatic carbocycles. The Labute approximate surface area is 124 Å². The monoisotopic (exact) mass is 300 g/mol. The largest absolute Gasteiger partial charge is 0.468 e. The summed E-state index contributed by atoms with van der Waals surface area (Å²) in [6.07, 6.45) is 4.65. The highest BCUT2D eigenvalue weighted by Crippen LogP contribution is 2.52. The molecule has 0 saturated carbocycles. The number of ether oxygens (including phenoxy) is 3. The fraction of sp³-hybridized carbons (Fsp3) is 0.625. The molecule has 0 spiro atoms.